The largest absolute Gasteiger partial charge is 0.543 e. The molecule has 0 aromatic carbocycles. The lowest BCUT2D eigenvalue weighted by atomic mass is 10.1. The Bertz CT molecular complexity index is 873. The van der Waals surface area contributed by atoms with Gasteiger partial charge in [-0.2, -0.15) is 0 Å². The molecule has 3 heterocycles. The molecule has 0 bridgehead atoms. The van der Waals surface area contributed by atoms with E-state index in [-0.39, 0.29) is 22.4 Å². The molecule has 11 nitrogen and oxygen atoms in total. The number of carbonyl (C=O) groups is 1. The fourth-order valence-corrected chi connectivity index (χ4v) is 4.25. The summed E-state index contributed by atoms with van der Waals surface area (Å²) in [6.07, 6.45) is 2.12. The molecule has 0 radical (unpaired) electrons. The molecule has 5 atom stereocenters. The van der Waals surface area contributed by atoms with Gasteiger partial charge in [-0.3, -0.25) is 4.57 Å². The fraction of sp³-hybridized carbons (Fsp3) is 0.467. The Morgan fingerprint density at radius 3 is 2.85 bits per heavy atom. The van der Waals surface area contributed by atoms with Gasteiger partial charge in [0.2, 0.25) is 0 Å². The van der Waals surface area contributed by atoms with E-state index in [2.05, 4.69) is 15.0 Å². The van der Waals surface area contributed by atoms with Crippen LogP contribution in [-0.4, -0.2) is 71.8 Å². The second-order valence-electron chi connectivity index (χ2n) is 6.19. The number of imidazole rings is 1. The van der Waals surface area contributed by atoms with Crippen molar-refractivity contribution in [2.75, 3.05) is 23.5 Å². The number of hydrogen-bond acceptors (Lipinski definition) is 10. The van der Waals surface area contributed by atoms with Crippen molar-refractivity contribution in [3.63, 3.8) is 0 Å². The molecule has 1 fully saturated rings. The average Bonchev–Trinajstić information content (AvgIpc) is 3.17. The van der Waals surface area contributed by atoms with Gasteiger partial charge in [0.15, 0.2) is 17.7 Å². The molecule has 2 unspecified atom stereocenters. The van der Waals surface area contributed by atoms with E-state index in [4.69, 9.17) is 16.2 Å². The number of fused-ring (bicyclic) bond motifs is 1. The van der Waals surface area contributed by atoms with Crippen LogP contribution < -0.4 is 16.6 Å². The molecule has 1 aliphatic heterocycles. The smallest absolute Gasteiger partial charge is 0.167 e. The van der Waals surface area contributed by atoms with Gasteiger partial charge in [0.05, 0.1) is 24.2 Å². The highest BCUT2D eigenvalue weighted by molar-refractivity contribution is 7.96. The zero-order valence-electron chi connectivity index (χ0n) is 14.4. The van der Waals surface area contributed by atoms with Crippen molar-refractivity contribution in [2.45, 2.75) is 24.5 Å². The summed E-state index contributed by atoms with van der Waals surface area (Å²) in [5, 5.41) is 31.4. The average molecular weight is 396 g/mol. The van der Waals surface area contributed by atoms with Crippen molar-refractivity contribution in [3.8, 4) is 0 Å². The molecule has 146 valence electrons. The zero-order chi connectivity index (χ0) is 19.7. The predicted molar refractivity (Wildman–Crippen MR) is 96.0 cm³/mol. The first-order chi connectivity index (χ1) is 12.8. The summed E-state index contributed by atoms with van der Waals surface area (Å²) in [4.78, 5) is 22.7. The van der Waals surface area contributed by atoms with Crippen LogP contribution in [0.4, 0.5) is 5.82 Å². The maximum atomic E-state index is 10.6. The van der Waals surface area contributed by atoms with Crippen LogP contribution in [-0.2, 0) is 20.4 Å². The van der Waals surface area contributed by atoms with E-state index in [1.807, 2.05) is 6.26 Å². The normalized spacial score (nSPS) is 27.1. The number of ether oxygens (including phenoxy) is 1. The lowest BCUT2D eigenvalue weighted by Crippen LogP contribution is -2.36. The van der Waals surface area contributed by atoms with Gasteiger partial charge in [-0.05, 0) is 17.0 Å². The summed E-state index contributed by atoms with van der Waals surface area (Å²) >= 11 is 0. The molecule has 0 amide bonds. The van der Waals surface area contributed by atoms with Crippen LogP contribution in [0.1, 0.15) is 6.23 Å². The Balaban J connectivity index is 1.73. The van der Waals surface area contributed by atoms with Gasteiger partial charge in [-0.1, -0.05) is 0 Å². The van der Waals surface area contributed by atoms with Gasteiger partial charge >= 0.3 is 0 Å². The summed E-state index contributed by atoms with van der Waals surface area (Å²) in [5.41, 5.74) is 11.5. The molecule has 1 saturated heterocycles. The Morgan fingerprint density at radius 1 is 1.41 bits per heavy atom. The topological polar surface area (TPSA) is 185 Å². The first-order valence-corrected chi connectivity index (χ1v) is 9.97. The predicted octanol–water partition coefficient (Wildman–Crippen LogP) is -3.13. The molecule has 1 aliphatic rings. The first-order valence-electron chi connectivity index (χ1n) is 8.00. The SMILES string of the molecule is C[S+](C/C=C(/N)C(=O)[O-])C[C@H]1O[C@@H](n2cnc3c(N)ncnc32)C(O)[C@H]1O. The van der Waals surface area contributed by atoms with E-state index in [9.17, 15) is 20.1 Å². The second-order valence-corrected chi connectivity index (χ2v) is 8.42. The molecule has 0 aliphatic carbocycles. The van der Waals surface area contributed by atoms with Crippen LogP contribution in [0.2, 0.25) is 0 Å². The lowest BCUT2D eigenvalue weighted by Gasteiger charge is -2.16. The first kappa shape index (κ1) is 19.4. The van der Waals surface area contributed by atoms with Gasteiger partial charge in [-0.15, -0.1) is 0 Å². The van der Waals surface area contributed by atoms with E-state index in [1.54, 1.807) is 0 Å². The summed E-state index contributed by atoms with van der Waals surface area (Å²) in [6.45, 7) is 0. The molecule has 0 spiro atoms. The quantitative estimate of drug-likeness (QED) is 0.287. The molecule has 2 aromatic rings. The summed E-state index contributed by atoms with van der Waals surface area (Å²) in [7, 11) is -0.339. The highest BCUT2D eigenvalue weighted by Crippen LogP contribution is 2.32. The van der Waals surface area contributed by atoms with Crippen LogP contribution in [0.15, 0.2) is 24.4 Å². The third-order valence-electron chi connectivity index (χ3n) is 4.27. The number of nitrogen functional groups attached to an aromatic ring is 1. The number of rotatable bonds is 6. The number of carboxylic acid groups (broad SMARTS) is 1. The van der Waals surface area contributed by atoms with E-state index in [1.165, 1.54) is 23.3 Å². The molecular formula is C15H20N6O5S. The van der Waals surface area contributed by atoms with Crippen molar-refractivity contribution < 1.29 is 24.9 Å². The number of aromatic nitrogens is 4. The minimum atomic E-state index is -1.42. The number of hydrogen-bond donors (Lipinski definition) is 4. The highest BCUT2D eigenvalue weighted by atomic mass is 32.2. The van der Waals surface area contributed by atoms with Crippen molar-refractivity contribution >= 4 is 33.8 Å². The molecular weight excluding hydrogens is 376 g/mol. The highest BCUT2D eigenvalue weighted by Gasteiger charge is 2.46. The van der Waals surface area contributed by atoms with Crippen molar-refractivity contribution in [3.05, 3.63) is 24.4 Å². The van der Waals surface area contributed by atoms with Crippen LogP contribution in [0, 0.1) is 0 Å². The lowest BCUT2D eigenvalue weighted by molar-refractivity contribution is -0.299. The van der Waals surface area contributed by atoms with E-state index in [0.717, 1.165) is 0 Å². The number of carboxylic acids is 1. The number of carbonyl (C=O) groups excluding carboxylic acids is 1. The Labute approximate surface area is 157 Å². The molecule has 12 heteroatoms. The monoisotopic (exact) mass is 396 g/mol. The maximum absolute atomic E-state index is 10.6. The van der Waals surface area contributed by atoms with Crippen molar-refractivity contribution in [2.24, 2.45) is 5.73 Å². The van der Waals surface area contributed by atoms with Crippen molar-refractivity contribution in [1.82, 2.24) is 19.5 Å². The number of nitrogens with zero attached hydrogens (tertiary/aromatic N) is 4. The standard InChI is InChI=1S/C15H20N6O5S/c1-27(3-2-7(16)15(24)25)4-8-10(22)11(23)14(26-8)21-6-20-9-12(17)18-5-19-13(9)21/h2,5-6,8,10-11,14,22-23H,3-4,16H2,1H3,(H2-,17,18,19,24,25)/b7-2+/t8-,10+,11?,14-,27?/m1/s1. The number of aliphatic hydroxyl groups excluding tert-OH is 2. The van der Waals surface area contributed by atoms with Crippen molar-refractivity contribution in [1.29, 1.82) is 0 Å². The molecule has 3 rings (SSSR count). The fourth-order valence-electron chi connectivity index (χ4n) is 2.82. The minimum Gasteiger partial charge on any atom is -0.543 e. The second kappa shape index (κ2) is 7.68. The molecule has 27 heavy (non-hydrogen) atoms. The van der Waals surface area contributed by atoms with Gasteiger partial charge < -0.3 is 36.3 Å². The maximum Gasteiger partial charge on any atom is 0.167 e. The number of nitrogens with two attached hydrogens (primary N) is 2. The van der Waals surface area contributed by atoms with Gasteiger partial charge in [0.25, 0.3) is 0 Å². The van der Waals surface area contributed by atoms with Crippen LogP contribution in [0.3, 0.4) is 0 Å². The van der Waals surface area contributed by atoms with E-state index >= 15 is 0 Å². The zero-order valence-corrected chi connectivity index (χ0v) is 15.2. The van der Waals surface area contributed by atoms with Gasteiger partial charge in [0.1, 0.15) is 41.7 Å². The van der Waals surface area contributed by atoms with Gasteiger partial charge in [-0.25, -0.2) is 15.0 Å². The van der Waals surface area contributed by atoms with E-state index in [0.29, 0.717) is 22.7 Å². The summed E-state index contributed by atoms with van der Waals surface area (Å²) in [6, 6.07) is 0. The van der Waals surface area contributed by atoms with Crippen LogP contribution in [0.25, 0.3) is 11.2 Å². The molecule has 6 N–H and O–H groups in total. The van der Waals surface area contributed by atoms with Gasteiger partial charge in [0, 0.05) is 0 Å². The number of aliphatic hydroxyl groups is 2. The van der Waals surface area contributed by atoms with Crippen LogP contribution >= 0.6 is 0 Å². The Hall–Kier alpha value is -2.41. The van der Waals surface area contributed by atoms with E-state index < -0.39 is 30.5 Å². The summed E-state index contributed by atoms with van der Waals surface area (Å²) < 4.78 is 7.35. The third kappa shape index (κ3) is 3.83. The van der Waals surface area contributed by atoms with Crippen LogP contribution in [0.5, 0.6) is 0 Å². The Kier molecular flexibility index (Phi) is 5.51. The number of anilines is 1. The summed E-state index contributed by atoms with van der Waals surface area (Å²) in [5.74, 6) is -0.413. The third-order valence-corrected chi connectivity index (χ3v) is 5.90. The number of aliphatic carboxylic acids is 1. The molecule has 2 aromatic heterocycles. The molecule has 0 saturated carbocycles. The Morgan fingerprint density at radius 2 is 2.15 bits per heavy atom. The minimum absolute atomic E-state index is 0.204.